The molecule has 10 nitrogen and oxygen atoms in total. The molecule has 0 fully saturated rings. The molecular formula is C31H42N6O4. The Morgan fingerprint density at radius 3 is 2.37 bits per heavy atom. The van der Waals surface area contributed by atoms with E-state index in [4.69, 9.17) is 25.4 Å². The fraction of sp³-hybridized carbons (Fsp3) is 0.323. The zero-order chi connectivity index (χ0) is 30.3. The Hall–Kier alpha value is -4.43. The normalized spacial score (nSPS) is 11.3. The number of carbonyl (C=O) groups is 1. The van der Waals surface area contributed by atoms with Crippen LogP contribution in [0.4, 0.5) is 5.69 Å². The number of ether oxygens (including phenoxy) is 3. The summed E-state index contributed by atoms with van der Waals surface area (Å²) in [5, 5.41) is 11.6. The first-order chi connectivity index (χ1) is 20.1. The number of benzene rings is 2. The van der Waals surface area contributed by atoms with Gasteiger partial charge in [-0.2, -0.15) is 0 Å². The molecule has 0 atom stereocenters. The number of hydrogen-bond acceptors (Lipinski definition) is 9. The van der Waals surface area contributed by atoms with E-state index in [0.29, 0.717) is 51.6 Å². The topological polar surface area (TPSA) is 134 Å². The summed E-state index contributed by atoms with van der Waals surface area (Å²) in [6.07, 6.45) is 3.61. The summed E-state index contributed by atoms with van der Waals surface area (Å²) in [5.41, 5.74) is 8.57. The van der Waals surface area contributed by atoms with Crippen LogP contribution in [0.25, 0.3) is 5.70 Å². The number of amides is 1. The number of nitrogens with one attached hydrogen (secondary N) is 3. The van der Waals surface area contributed by atoms with Crippen molar-refractivity contribution in [2.24, 2.45) is 10.7 Å². The van der Waals surface area contributed by atoms with Gasteiger partial charge in [-0.05, 0) is 60.8 Å². The third-order valence-corrected chi connectivity index (χ3v) is 5.21. The Balaban J connectivity index is 0.00000201. The van der Waals surface area contributed by atoms with Crippen LogP contribution in [0.5, 0.6) is 5.75 Å². The first-order valence-corrected chi connectivity index (χ1v) is 13.3. The number of hydrogen-bond donors (Lipinski definition) is 4. The molecule has 10 heteroatoms. The van der Waals surface area contributed by atoms with E-state index in [1.54, 1.807) is 25.4 Å². The molecule has 3 rings (SSSR count). The standard InChI is InChI=1S/C28H33N5O4.C2H6.CH3N/c1-22(23-7-11-26(12-8-23)37-18-4-3-17-35-2)33-16-14-30-27(21-33)32-25-9-5-24(6-10-25)28(34)31-15-20-36-19-13-29;2*1-2/h5-12,14,16H,1,13,15,17-21,29H2,2H3,(H,30,32)(H,31,34);1-2H3;2H,1H2. The fourth-order valence-electron chi connectivity index (χ4n) is 3.31. The Labute approximate surface area is 243 Å². The van der Waals surface area contributed by atoms with Crippen molar-refractivity contribution in [3.05, 3.63) is 78.6 Å². The molecule has 0 aromatic heterocycles. The quantitative estimate of drug-likeness (QED) is 0.175. The van der Waals surface area contributed by atoms with Gasteiger partial charge in [0.05, 0.1) is 19.8 Å². The molecule has 0 radical (unpaired) electrons. The second-order valence-electron chi connectivity index (χ2n) is 7.91. The fourth-order valence-corrected chi connectivity index (χ4v) is 3.31. The monoisotopic (exact) mass is 562 g/mol. The van der Waals surface area contributed by atoms with Crippen molar-refractivity contribution < 1.29 is 19.0 Å². The smallest absolute Gasteiger partial charge is 0.251 e. The Kier molecular flexibility index (Phi) is 18.1. The Bertz CT molecular complexity index is 1170. The van der Waals surface area contributed by atoms with Crippen LogP contribution in [-0.2, 0) is 9.47 Å². The number of nitrogens with zero attached hydrogens (tertiary/aromatic N) is 2. The number of amidine groups is 1. The van der Waals surface area contributed by atoms with Crippen molar-refractivity contribution >= 4 is 29.8 Å². The second-order valence-corrected chi connectivity index (χ2v) is 7.91. The van der Waals surface area contributed by atoms with E-state index in [0.717, 1.165) is 28.5 Å². The molecule has 0 saturated heterocycles. The van der Waals surface area contributed by atoms with Crippen molar-refractivity contribution in [3.63, 3.8) is 0 Å². The van der Waals surface area contributed by atoms with E-state index in [-0.39, 0.29) is 5.91 Å². The summed E-state index contributed by atoms with van der Waals surface area (Å²) in [7, 11) is 1.60. The summed E-state index contributed by atoms with van der Waals surface area (Å²) in [6.45, 7) is 13.8. The van der Waals surface area contributed by atoms with Crippen LogP contribution in [0.1, 0.15) is 29.8 Å². The van der Waals surface area contributed by atoms with E-state index in [1.165, 1.54) is 0 Å². The average Bonchev–Trinajstić information content (AvgIpc) is 3.03. The molecule has 1 aliphatic rings. The predicted molar refractivity (Wildman–Crippen MR) is 167 cm³/mol. The van der Waals surface area contributed by atoms with Gasteiger partial charge in [0, 0.05) is 49.5 Å². The maximum absolute atomic E-state index is 12.3. The van der Waals surface area contributed by atoms with Gasteiger partial charge in [-0.3, -0.25) is 4.79 Å². The maximum atomic E-state index is 12.3. The van der Waals surface area contributed by atoms with Gasteiger partial charge in [-0.15, -0.1) is 0 Å². The Morgan fingerprint density at radius 2 is 1.71 bits per heavy atom. The highest BCUT2D eigenvalue weighted by molar-refractivity contribution is 5.99. The van der Waals surface area contributed by atoms with Crippen LogP contribution >= 0.6 is 0 Å². The molecule has 5 N–H and O–H groups in total. The van der Waals surface area contributed by atoms with E-state index in [1.807, 2.05) is 61.3 Å². The summed E-state index contributed by atoms with van der Waals surface area (Å²) in [6, 6.07) is 14.9. The van der Waals surface area contributed by atoms with E-state index in [2.05, 4.69) is 40.8 Å². The van der Waals surface area contributed by atoms with Gasteiger partial charge >= 0.3 is 0 Å². The van der Waals surface area contributed by atoms with E-state index in [9.17, 15) is 4.79 Å². The number of anilines is 1. The molecule has 0 saturated carbocycles. The van der Waals surface area contributed by atoms with Crippen LogP contribution in [0.2, 0.25) is 0 Å². The van der Waals surface area contributed by atoms with E-state index < -0.39 is 0 Å². The van der Waals surface area contributed by atoms with Crippen molar-refractivity contribution in [1.29, 1.82) is 5.41 Å². The number of carbonyl (C=O) groups excluding carboxylic acids is 1. The molecular weight excluding hydrogens is 520 g/mol. The van der Waals surface area contributed by atoms with Crippen LogP contribution in [-0.4, -0.2) is 76.5 Å². The SMILES string of the molecule is C=C(c1ccc(OCC#CCOC)cc1)N1C=CN=C(Nc2ccc(C(=O)NCCOCCN)cc2)C1.C=N.CC. The molecule has 0 unspecified atom stereocenters. The zero-order valence-corrected chi connectivity index (χ0v) is 24.2. The van der Waals surface area contributed by atoms with Gasteiger partial charge in [0.25, 0.3) is 5.91 Å². The van der Waals surface area contributed by atoms with Crippen LogP contribution in [0.15, 0.2) is 72.5 Å². The van der Waals surface area contributed by atoms with Crippen molar-refractivity contribution in [3.8, 4) is 17.6 Å². The minimum absolute atomic E-state index is 0.154. The molecule has 2 aromatic rings. The van der Waals surface area contributed by atoms with Gasteiger partial charge in [-0.1, -0.05) is 32.3 Å². The van der Waals surface area contributed by atoms with Gasteiger partial charge < -0.3 is 40.9 Å². The largest absolute Gasteiger partial charge is 0.481 e. The zero-order valence-electron chi connectivity index (χ0n) is 24.2. The maximum Gasteiger partial charge on any atom is 0.251 e. The third kappa shape index (κ3) is 13.0. The first-order valence-electron chi connectivity index (χ1n) is 13.3. The summed E-state index contributed by atoms with van der Waals surface area (Å²) in [4.78, 5) is 18.7. The number of nitrogens with two attached hydrogens (primary N) is 1. The lowest BCUT2D eigenvalue weighted by molar-refractivity contribution is 0.0920. The molecule has 220 valence electrons. The molecule has 0 bridgehead atoms. The number of methoxy groups -OCH3 is 1. The van der Waals surface area contributed by atoms with Gasteiger partial charge in [0.1, 0.15) is 24.8 Å². The highest BCUT2D eigenvalue weighted by Crippen LogP contribution is 2.22. The Morgan fingerprint density at radius 1 is 1.05 bits per heavy atom. The lowest BCUT2D eigenvalue weighted by Gasteiger charge is -2.26. The second kappa shape index (κ2) is 21.4. The number of aliphatic imine (C=N–C) groups is 1. The summed E-state index contributed by atoms with van der Waals surface area (Å²) in [5.74, 6) is 7.08. The van der Waals surface area contributed by atoms with Crippen molar-refractivity contribution in [1.82, 2.24) is 10.2 Å². The van der Waals surface area contributed by atoms with E-state index >= 15 is 0 Å². The van der Waals surface area contributed by atoms with Crippen LogP contribution < -0.4 is 21.1 Å². The van der Waals surface area contributed by atoms with Crippen LogP contribution in [0, 0.1) is 17.3 Å². The first kappa shape index (κ1) is 34.6. The highest BCUT2D eigenvalue weighted by atomic mass is 16.5. The molecule has 1 heterocycles. The molecule has 1 aliphatic heterocycles. The minimum atomic E-state index is -0.154. The lowest BCUT2D eigenvalue weighted by Crippen LogP contribution is -2.30. The highest BCUT2D eigenvalue weighted by Gasteiger charge is 2.14. The van der Waals surface area contributed by atoms with Crippen molar-refractivity contribution in [2.45, 2.75) is 13.8 Å². The van der Waals surface area contributed by atoms with Crippen molar-refractivity contribution in [2.75, 3.05) is 58.5 Å². The van der Waals surface area contributed by atoms with Crippen LogP contribution in [0.3, 0.4) is 0 Å². The molecule has 1 amide bonds. The average molecular weight is 563 g/mol. The van der Waals surface area contributed by atoms with Gasteiger partial charge in [-0.25, -0.2) is 4.99 Å². The van der Waals surface area contributed by atoms with Gasteiger partial charge in [0.15, 0.2) is 0 Å². The summed E-state index contributed by atoms with van der Waals surface area (Å²) >= 11 is 0. The molecule has 0 spiro atoms. The molecule has 41 heavy (non-hydrogen) atoms. The molecule has 0 aliphatic carbocycles. The minimum Gasteiger partial charge on any atom is -0.481 e. The number of rotatable bonds is 12. The van der Waals surface area contributed by atoms with Gasteiger partial charge in [0.2, 0.25) is 0 Å². The summed E-state index contributed by atoms with van der Waals surface area (Å²) < 4.78 is 15.8. The predicted octanol–water partition coefficient (Wildman–Crippen LogP) is 3.98. The molecule has 2 aromatic carbocycles. The lowest BCUT2D eigenvalue weighted by atomic mass is 10.1. The third-order valence-electron chi connectivity index (χ3n) is 5.21.